The zero-order valence-electron chi connectivity index (χ0n) is 11.6. The van der Waals surface area contributed by atoms with E-state index in [2.05, 4.69) is 15.9 Å². The molecule has 0 radical (unpaired) electrons. The average Bonchev–Trinajstić information content (AvgIpc) is 2.47. The highest BCUT2D eigenvalue weighted by Gasteiger charge is 2.06. The summed E-state index contributed by atoms with van der Waals surface area (Å²) in [6.07, 6.45) is 5.78. The molecular formula is C16H15BrO4. The molecule has 0 saturated heterocycles. The standard InChI is InChI=1S/C16H15BrO4/c1-2-3-8-20-15(18)7-4-11-10-21-14-6-5-12(17)9-13(14)16(11)19/h4-7,9-10H,2-3,8H2,1H3/b7-4+. The number of rotatable bonds is 5. The van der Waals surface area contributed by atoms with E-state index < -0.39 is 5.97 Å². The van der Waals surface area contributed by atoms with Crippen LogP contribution in [0.2, 0.25) is 0 Å². The van der Waals surface area contributed by atoms with Crippen LogP contribution in [0, 0.1) is 0 Å². The predicted molar refractivity (Wildman–Crippen MR) is 85.1 cm³/mol. The smallest absolute Gasteiger partial charge is 0.330 e. The fraction of sp³-hybridized carbons (Fsp3) is 0.250. The molecule has 0 fully saturated rings. The predicted octanol–water partition coefficient (Wildman–Crippen LogP) is 3.91. The SMILES string of the molecule is CCCCOC(=O)/C=C/c1coc2ccc(Br)cc2c1=O. The van der Waals surface area contributed by atoms with Crippen molar-refractivity contribution in [1.82, 2.24) is 0 Å². The van der Waals surface area contributed by atoms with Gasteiger partial charge in [-0.1, -0.05) is 29.3 Å². The molecule has 0 aliphatic carbocycles. The molecule has 2 aromatic rings. The zero-order valence-corrected chi connectivity index (χ0v) is 13.2. The molecule has 21 heavy (non-hydrogen) atoms. The first-order valence-electron chi connectivity index (χ1n) is 6.67. The van der Waals surface area contributed by atoms with Crippen LogP contribution in [0.3, 0.4) is 0 Å². The van der Waals surface area contributed by atoms with Crippen LogP contribution in [0.15, 0.2) is 44.2 Å². The number of hydrogen-bond acceptors (Lipinski definition) is 4. The minimum atomic E-state index is -0.461. The summed E-state index contributed by atoms with van der Waals surface area (Å²) in [4.78, 5) is 23.7. The molecule has 5 heteroatoms. The molecule has 0 saturated carbocycles. The normalized spacial score (nSPS) is 11.1. The molecule has 0 unspecified atom stereocenters. The molecule has 110 valence electrons. The largest absolute Gasteiger partial charge is 0.463 e. The maximum absolute atomic E-state index is 12.3. The van der Waals surface area contributed by atoms with Gasteiger partial charge in [0.1, 0.15) is 11.8 Å². The molecule has 0 aliphatic heterocycles. The second-order valence-corrected chi connectivity index (χ2v) is 5.43. The van der Waals surface area contributed by atoms with Crippen molar-refractivity contribution in [1.29, 1.82) is 0 Å². The highest BCUT2D eigenvalue weighted by Crippen LogP contribution is 2.17. The van der Waals surface area contributed by atoms with Gasteiger partial charge in [0, 0.05) is 10.5 Å². The van der Waals surface area contributed by atoms with Crippen molar-refractivity contribution in [2.24, 2.45) is 0 Å². The van der Waals surface area contributed by atoms with Gasteiger partial charge in [-0.3, -0.25) is 4.79 Å². The lowest BCUT2D eigenvalue weighted by atomic mass is 10.1. The van der Waals surface area contributed by atoms with E-state index in [1.807, 2.05) is 6.92 Å². The number of benzene rings is 1. The van der Waals surface area contributed by atoms with Gasteiger partial charge in [-0.25, -0.2) is 4.79 Å². The quantitative estimate of drug-likeness (QED) is 0.466. The summed E-state index contributed by atoms with van der Waals surface area (Å²) in [5.41, 5.74) is 0.633. The first-order chi connectivity index (χ1) is 10.1. The van der Waals surface area contributed by atoms with E-state index in [1.54, 1.807) is 18.2 Å². The van der Waals surface area contributed by atoms with Gasteiger partial charge in [0.25, 0.3) is 0 Å². The van der Waals surface area contributed by atoms with Crippen LogP contribution >= 0.6 is 15.9 Å². The number of ether oxygens (including phenoxy) is 1. The Morgan fingerprint density at radius 2 is 2.24 bits per heavy atom. The number of halogens is 1. The van der Waals surface area contributed by atoms with E-state index in [9.17, 15) is 9.59 Å². The van der Waals surface area contributed by atoms with Gasteiger partial charge in [-0.15, -0.1) is 0 Å². The van der Waals surface area contributed by atoms with Gasteiger partial charge >= 0.3 is 5.97 Å². The first kappa shape index (κ1) is 15.5. The fourth-order valence-corrected chi connectivity index (χ4v) is 2.12. The molecule has 0 N–H and O–H groups in total. The van der Waals surface area contributed by atoms with Crippen molar-refractivity contribution in [2.45, 2.75) is 19.8 Å². The molecule has 1 aromatic heterocycles. The molecule has 2 rings (SSSR count). The summed E-state index contributed by atoms with van der Waals surface area (Å²) in [6, 6.07) is 5.21. The Kier molecular flexibility index (Phi) is 5.33. The lowest BCUT2D eigenvalue weighted by molar-refractivity contribution is -0.137. The summed E-state index contributed by atoms with van der Waals surface area (Å²) in [7, 11) is 0. The lowest BCUT2D eigenvalue weighted by Gasteiger charge is -2.00. The third kappa shape index (κ3) is 4.04. The van der Waals surface area contributed by atoms with Crippen molar-refractivity contribution < 1.29 is 13.9 Å². The third-order valence-corrected chi connectivity index (χ3v) is 3.40. The zero-order chi connectivity index (χ0) is 15.2. The number of esters is 1. The van der Waals surface area contributed by atoms with Gasteiger partial charge in [-0.05, 0) is 30.7 Å². The third-order valence-electron chi connectivity index (χ3n) is 2.90. The van der Waals surface area contributed by atoms with Gasteiger partial charge in [0.2, 0.25) is 0 Å². The van der Waals surface area contributed by atoms with E-state index in [0.29, 0.717) is 23.1 Å². The van der Waals surface area contributed by atoms with Crippen LogP contribution in [0.5, 0.6) is 0 Å². The molecule has 0 bridgehead atoms. The highest BCUT2D eigenvalue weighted by atomic mass is 79.9. The Morgan fingerprint density at radius 1 is 1.43 bits per heavy atom. The number of carbonyl (C=O) groups is 1. The van der Waals surface area contributed by atoms with Crippen LogP contribution in [-0.2, 0) is 9.53 Å². The summed E-state index contributed by atoms with van der Waals surface area (Å²) in [5.74, 6) is -0.461. The van der Waals surface area contributed by atoms with E-state index >= 15 is 0 Å². The van der Waals surface area contributed by atoms with Crippen LogP contribution < -0.4 is 5.43 Å². The summed E-state index contributed by atoms with van der Waals surface area (Å²) < 4.78 is 11.2. The summed E-state index contributed by atoms with van der Waals surface area (Å²) >= 11 is 3.32. The van der Waals surface area contributed by atoms with E-state index in [0.717, 1.165) is 17.3 Å². The average molecular weight is 351 g/mol. The molecule has 4 nitrogen and oxygen atoms in total. The Morgan fingerprint density at radius 3 is 3.00 bits per heavy atom. The minimum Gasteiger partial charge on any atom is -0.463 e. The van der Waals surface area contributed by atoms with Gasteiger partial charge in [-0.2, -0.15) is 0 Å². The van der Waals surface area contributed by atoms with Crippen molar-refractivity contribution in [3.05, 3.63) is 50.8 Å². The number of hydrogen-bond donors (Lipinski definition) is 0. The first-order valence-corrected chi connectivity index (χ1v) is 7.47. The minimum absolute atomic E-state index is 0.185. The van der Waals surface area contributed by atoms with Crippen LogP contribution in [0.1, 0.15) is 25.3 Å². The Labute approximate surface area is 130 Å². The molecule has 0 spiro atoms. The van der Waals surface area contributed by atoms with Crippen molar-refractivity contribution in [3.8, 4) is 0 Å². The van der Waals surface area contributed by atoms with Gasteiger partial charge < -0.3 is 9.15 Å². The Hall–Kier alpha value is -1.88. The van der Waals surface area contributed by atoms with Crippen molar-refractivity contribution in [2.75, 3.05) is 6.61 Å². The van der Waals surface area contributed by atoms with E-state index in [4.69, 9.17) is 9.15 Å². The molecular weight excluding hydrogens is 336 g/mol. The number of fused-ring (bicyclic) bond motifs is 1. The van der Waals surface area contributed by atoms with E-state index in [1.165, 1.54) is 18.4 Å². The van der Waals surface area contributed by atoms with Crippen LogP contribution in [0.25, 0.3) is 17.0 Å². The van der Waals surface area contributed by atoms with Gasteiger partial charge in [0.15, 0.2) is 5.43 Å². The Bertz CT molecular complexity index is 731. The molecule has 0 amide bonds. The maximum atomic E-state index is 12.3. The highest BCUT2D eigenvalue weighted by molar-refractivity contribution is 9.10. The summed E-state index contributed by atoms with van der Waals surface area (Å²) in [5, 5.41) is 0.464. The van der Waals surface area contributed by atoms with Crippen LogP contribution in [0.4, 0.5) is 0 Å². The monoisotopic (exact) mass is 350 g/mol. The van der Waals surface area contributed by atoms with Crippen molar-refractivity contribution in [3.63, 3.8) is 0 Å². The second kappa shape index (κ2) is 7.22. The number of unbranched alkanes of at least 4 members (excludes halogenated alkanes) is 1. The molecule has 0 aliphatic rings. The lowest BCUT2D eigenvalue weighted by Crippen LogP contribution is -2.06. The maximum Gasteiger partial charge on any atom is 0.330 e. The Balaban J connectivity index is 2.21. The topological polar surface area (TPSA) is 56.5 Å². The fourth-order valence-electron chi connectivity index (χ4n) is 1.76. The molecule has 0 atom stereocenters. The summed E-state index contributed by atoms with van der Waals surface area (Å²) in [6.45, 7) is 2.40. The van der Waals surface area contributed by atoms with Crippen molar-refractivity contribution >= 4 is 38.9 Å². The molecule has 1 aromatic carbocycles. The second-order valence-electron chi connectivity index (χ2n) is 4.52. The van der Waals surface area contributed by atoms with Gasteiger partial charge in [0.05, 0.1) is 17.6 Å². The van der Waals surface area contributed by atoms with E-state index in [-0.39, 0.29) is 5.43 Å². The van der Waals surface area contributed by atoms with Crippen LogP contribution in [-0.4, -0.2) is 12.6 Å². The number of carbonyl (C=O) groups excluding carboxylic acids is 1. The molecule has 1 heterocycles.